The highest BCUT2D eigenvalue weighted by molar-refractivity contribution is 4.68. The molecule has 0 aliphatic heterocycles. The lowest BCUT2D eigenvalue weighted by atomic mass is 10.1. The number of allylic oxidation sites excluding steroid dienone is 1. The second-order valence-electron chi connectivity index (χ2n) is 2.98. The summed E-state index contributed by atoms with van der Waals surface area (Å²) in [6.07, 6.45) is 4.95. The van der Waals surface area contributed by atoms with Crippen molar-refractivity contribution in [2.75, 3.05) is 20.5 Å². The highest BCUT2D eigenvalue weighted by atomic mass is 16.7. The van der Waals surface area contributed by atoms with Gasteiger partial charge in [0.1, 0.15) is 6.79 Å². The van der Waals surface area contributed by atoms with Crippen molar-refractivity contribution in [2.24, 2.45) is 0 Å². The maximum atomic E-state index is 9.40. The van der Waals surface area contributed by atoms with Crippen LogP contribution in [0.1, 0.15) is 25.7 Å². The molecule has 0 aliphatic carbocycles. The van der Waals surface area contributed by atoms with E-state index in [2.05, 4.69) is 6.58 Å². The van der Waals surface area contributed by atoms with Crippen molar-refractivity contribution in [1.29, 1.82) is 0 Å². The van der Waals surface area contributed by atoms with Crippen LogP contribution in [0, 0.1) is 0 Å². The molecular formula is C10H20O3. The molecule has 0 aromatic heterocycles. The van der Waals surface area contributed by atoms with Crippen LogP contribution in [-0.4, -0.2) is 31.7 Å². The highest BCUT2D eigenvalue weighted by Crippen LogP contribution is 2.04. The van der Waals surface area contributed by atoms with Crippen LogP contribution < -0.4 is 0 Å². The summed E-state index contributed by atoms with van der Waals surface area (Å²) in [6, 6.07) is 0. The van der Waals surface area contributed by atoms with Gasteiger partial charge in [-0.15, -0.1) is 6.58 Å². The third-order valence-corrected chi connectivity index (χ3v) is 1.73. The summed E-state index contributed by atoms with van der Waals surface area (Å²) in [4.78, 5) is 0. The number of hydrogen-bond donors (Lipinski definition) is 1. The Kier molecular flexibility index (Phi) is 9.42. The average molecular weight is 188 g/mol. The zero-order chi connectivity index (χ0) is 9.94. The lowest BCUT2D eigenvalue weighted by molar-refractivity contribution is -0.0338. The van der Waals surface area contributed by atoms with Crippen molar-refractivity contribution in [3.63, 3.8) is 0 Å². The Hall–Kier alpha value is -0.380. The van der Waals surface area contributed by atoms with Gasteiger partial charge in [-0.25, -0.2) is 0 Å². The maximum absolute atomic E-state index is 9.40. The van der Waals surface area contributed by atoms with Crippen molar-refractivity contribution >= 4 is 0 Å². The molecule has 0 saturated heterocycles. The number of aliphatic hydroxyl groups is 1. The van der Waals surface area contributed by atoms with E-state index in [1.807, 2.05) is 6.08 Å². The van der Waals surface area contributed by atoms with E-state index >= 15 is 0 Å². The van der Waals surface area contributed by atoms with Crippen LogP contribution in [0.2, 0.25) is 0 Å². The zero-order valence-electron chi connectivity index (χ0n) is 8.37. The molecule has 0 fully saturated rings. The summed E-state index contributed by atoms with van der Waals surface area (Å²) in [7, 11) is 1.60. The summed E-state index contributed by atoms with van der Waals surface area (Å²) in [5.74, 6) is 0. The van der Waals surface area contributed by atoms with E-state index in [0.29, 0.717) is 13.4 Å². The standard InChI is InChI=1S/C10H20O3/c1-3-4-6-10(11)7-5-8-13-9-12-2/h3,10-11H,1,4-9H2,2H3. The Labute approximate surface area is 80.4 Å². The van der Waals surface area contributed by atoms with Gasteiger partial charge in [-0.3, -0.25) is 0 Å². The second kappa shape index (κ2) is 9.71. The van der Waals surface area contributed by atoms with E-state index in [1.54, 1.807) is 7.11 Å². The van der Waals surface area contributed by atoms with E-state index in [1.165, 1.54) is 0 Å². The third-order valence-electron chi connectivity index (χ3n) is 1.73. The monoisotopic (exact) mass is 188 g/mol. The first-order valence-electron chi connectivity index (χ1n) is 4.67. The largest absolute Gasteiger partial charge is 0.393 e. The topological polar surface area (TPSA) is 38.7 Å². The number of rotatable bonds is 9. The van der Waals surface area contributed by atoms with Crippen molar-refractivity contribution in [2.45, 2.75) is 31.8 Å². The van der Waals surface area contributed by atoms with Crippen LogP contribution in [0.3, 0.4) is 0 Å². The number of aliphatic hydroxyl groups excluding tert-OH is 1. The summed E-state index contributed by atoms with van der Waals surface area (Å²) in [6.45, 7) is 4.59. The molecule has 3 nitrogen and oxygen atoms in total. The highest BCUT2D eigenvalue weighted by Gasteiger charge is 2.01. The Morgan fingerprint density at radius 2 is 2.23 bits per heavy atom. The molecule has 0 amide bonds. The smallest absolute Gasteiger partial charge is 0.146 e. The van der Waals surface area contributed by atoms with Crippen molar-refractivity contribution in [3.05, 3.63) is 12.7 Å². The number of hydrogen-bond acceptors (Lipinski definition) is 3. The predicted octanol–water partition coefficient (Wildman–Crippen LogP) is 1.71. The molecule has 3 heteroatoms. The Bertz CT molecular complexity index is 115. The summed E-state index contributed by atoms with van der Waals surface area (Å²) in [5.41, 5.74) is 0. The van der Waals surface area contributed by atoms with Crippen molar-refractivity contribution in [1.82, 2.24) is 0 Å². The normalized spacial score (nSPS) is 12.8. The van der Waals surface area contributed by atoms with Crippen LogP contribution in [0.5, 0.6) is 0 Å². The van der Waals surface area contributed by atoms with Crippen molar-refractivity contribution in [3.8, 4) is 0 Å². The molecule has 0 aromatic carbocycles. The minimum absolute atomic E-state index is 0.218. The predicted molar refractivity (Wildman–Crippen MR) is 52.5 cm³/mol. The maximum Gasteiger partial charge on any atom is 0.146 e. The van der Waals surface area contributed by atoms with E-state index in [0.717, 1.165) is 25.7 Å². The quantitative estimate of drug-likeness (QED) is 0.340. The second-order valence-corrected chi connectivity index (χ2v) is 2.98. The minimum atomic E-state index is -0.218. The number of methoxy groups -OCH3 is 1. The van der Waals surface area contributed by atoms with Crippen molar-refractivity contribution < 1.29 is 14.6 Å². The summed E-state index contributed by atoms with van der Waals surface area (Å²) in [5, 5.41) is 9.40. The molecule has 0 saturated carbocycles. The Balaban J connectivity index is 3.07. The van der Waals surface area contributed by atoms with E-state index < -0.39 is 0 Å². The molecule has 13 heavy (non-hydrogen) atoms. The fraction of sp³-hybridized carbons (Fsp3) is 0.800. The van der Waals surface area contributed by atoms with E-state index in [-0.39, 0.29) is 6.10 Å². The summed E-state index contributed by atoms with van der Waals surface area (Å²) < 4.78 is 9.80. The molecule has 1 N–H and O–H groups in total. The molecule has 1 unspecified atom stereocenters. The molecular weight excluding hydrogens is 168 g/mol. The molecule has 0 aliphatic rings. The average Bonchev–Trinajstić information content (AvgIpc) is 2.14. The van der Waals surface area contributed by atoms with E-state index in [4.69, 9.17) is 9.47 Å². The number of ether oxygens (including phenoxy) is 2. The third kappa shape index (κ3) is 9.53. The molecule has 1 atom stereocenters. The minimum Gasteiger partial charge on any atom is -0.393 e. The van der Waals surface area contributed by atoms with Crippen LogP contribution in [0.25, 0.3) is 0 Å². The molecule has 0 spiro atoms. The molecule has 0 aromatic rings. The SMILES string of the molecule is C=CCCC(O)CCCOCOC. The zero-order valence-corrected chi connectivity index (χ0v) is 8.37. The van der Waals surface area contributed by atoms with Gasteiger partial charge >= 0.3 is 0 Å². The van der Waals surface area contributed by atoms with Gasteiger partial charge in [0.15, 0.2) is 0 Å². The van der Waals surface area contributed by atoms with Gasteiger partial charge in [-0.2, -0.15) is 0 Å². The molecule has 0 radical (unpaired) electrons. The van der Waals surface area contributed by atoms with Gasteiger partial charge < -0.3 is 14.6 Å². The Morgan fingerprint density at radius 1 is 1.46 bits per heavy atom. The van der Waals surface area contributed by atoms with E-state index in [9.17, 15) is 5.11 Å². The van der Waals surface area contributed by atoms with Gasteiger partial charge in [0.05, 0.1) is 6.10 Å². The van der Waals surface area contributed by atoms with Gasteiger partial charge in [-0.1, -0.05) is 6.08 Å². The first-order chi connectivity index (χ1) is 6.31. The molecule has 0 bridgehead atoms. The lowest BCUT2D eigenvalue weighted by Gasteiger charge is -2.08. The molecule has 0 heterocycles. The fourth-order valence-corrected chi connectivity index (χ4v) is 1.02. The molecule has 78 valence electrons. The molecule has 0 rings (SSSR count). The Morgan fingerprint density at radius 3 is 2.85 bits per heavy atom. The van der Waals surface area contributed by atoms with Gasteiger partial charge in [0.2, 0.25) is 0 Å². The van der Waals surface area contributed by atoms with Gasteiger partial charge in [0.25, 0.3) is 0 Å². The first kappa shape index (κ1) is 12.6. The first-order valence-corrected chi connectivity index (χ1v) is 4.67. The summed E-state index contributed by atoms with van der Waals surface area (Å²) >= 11 is 0. The van der Waals surface area contributed by atoms with Crippen LogP contribution in [0.4, 0.5) is 0 Å². The van der Waals surface area contributed by atoms with Gasteiger partial charge in [-0.05, 0) is 25.7 Å². The fourth-order valence-electron chi connectivity index (χ4n) is 1.02. The van der Waals surface area contributed by atoms with Crippen LogP contribution >= 0.6 is 0 Å². The van der Waals surface area contributed by atoms with Crippen LogP contribution in [0.15, 0.2) is 12.7 Å². The van der Waals surface area contributed by atoms with Gasteiger partial charge in [0, 0.05) is 13.7 Å². The lowest BCUT2D eigenvalue weighted by Crippen LogP contribution is -2.08. The van der Waals surface area contributed by atoms with Crippen LogP contribution in [-0.2, 0) is 9.47 Å².